The number of urea groups is 1. The second kappa shape index (κ2) is 7.27. The van der Waals surface area contributed by atoms with Crippen LogP contribution in [0.25, 0.3) is 0 Å². The molecule has 1 N–H and O–H groups in total. The molecule has 2 heterocycles. The Morgan fingerprint density at radius 3 is 2.76 bits per heavy atom. The number of rotatable bonds is 4. The van der Waals surface area contributed by atoms with Gasteiger partial charge in [0.1, 0.15) is 5.60 Å². The normalized spacial score (nSPS) is 20.7. The van der Waals surface area contributed by atoms with E-state index in [0.29, 0.717) is 32.3 Å². The van der Waals surface area contributed by atoms with Crippen LogP contribution in [0.15, 0.2) is 42.6 Å². The maximum atomic E-state index is 12.6. The van der Waals surface area contributed by atoms with Crippen molar-refractivity contribution in [3.63, 3.8) is 0 Å². The van der Waals surface area contributed by atoms with Gasteiger partial charge in [-0.25, -0.2) is 4.79 Å². The fourth-order valence-electron chi connectivity index (χ4n) is 3.05. The summed E-state index contributed by atoms with van der Waals surface area (Å²) in [4.78, 5) is 14.4. The summed E-state index contributed by atoms with van der Waals surface area (Å²) in [5.41, 5.74) is 1.47. The quantitative estimate of drug-likeness (QED) is 0.929. The lowest BCUT2D eigenvalue weighted by molar-refractivity contribution is -0.0906. The van der Waals surface area contributed by atoms with Crippen molar-refractivity contribution < 1.29 is 9.53 Å². The molecule has 1 aromatic carbocycles. The molecule has 1 fully saturated rings. The first kappa shape index (κ1) is 17.5. The third-order valence-corrected chi connectivity index (χ3v) is 4.56. The highest BCUT2D eigenvalue weighted by molar-refractivity contribution is 5.74. The summed E-state index contributed by atoms with van der Waals surface area (Å²) < 4.78 is 7.88. The van der Waals surface area contributed by atoms with Crippen molar-refractivity contribution in [2.45, 2.75) is 39.0 Å². The van der Waals surface area contributed by atoms with Crippen molar-refractivity contribution in [3.8, 4) is 0 Å². The molecule has 0 bridgehead atoms. The van der Waals surface area contributed by atoms with Gasteiger partial charge in [0, 0.05) is 18.8 Å². The first-order chi connectivity index (χ1) is 12.0. The highest BCUT2D eigenvalue weighted by Gasteiger charge is 2.35. The Morgan fingerprint density at radius 1 is 1.32 bits per heavy atom. The van der Waals surface area contributed by atoms with Crippen LogP contribution in [0.3, 0.4) is 0 Å². The number of amides is 2. The molecule has 2 aromatic rings. The molecule has 1 unspecified atom stereocenters. The number of nitrogens with zero attached hydrogens (tertiary/aromatic N) is 3. The first-order valence-corrected chi connectivity index (χ1v) is 8.74. The number of nitrogens with one attached hydrogen (secondary N) is 1. The van der Waals surface area contributed by atoms with Gasteiger partial charge in [0.15, 0.2) is 0 Å². The Labute approximate surface area is 148 Å². The van der Waals surface area contributed by atoms with Crippen LogP contribution in [0, 0.1) is 0 Å². The minimum Gasteiger partial charge on any atom is -0.367 e. The molecule has 134 valence electrons. The summed E-state index contributed by atoms with van der Waals surface area (Å²) in [5, 5.41) is 7.43. The predicted octanol–water partition coefficient (Wildman–Crippen LogP) is 2.92. The minimum atomic E-state index is -0.476. The van der Waals surface area contributed by atoms with Crippen molar-refractivity contribution in [1.82, 2.24) is 20.0 Å². The van der Waals surface area contributed by atoms with E-state index in [1.54, 1.807) is 0 Å². The van der Waals surface area contributed by atoms with E-state index in [-0.39, 0.29) is 6.03 Å². The predicted molar refractivity (Wildman–Crippen MR) is 96.2 cm³/mol. The lowest BCUT2D eigenvalue weighted by Crippen LogP contribution is -2.53. The summed E-state index contributed by atoms with van der Waals surface area (Å²) in [5.74, 6) is 0. The largest absolute Gasteiger partial charge is 0.367 e. The molecule has 1 aromatic heterocycles. The highest BCUT2D eigenvalue weighted by Crippen LogP contribution is 2.29. The number of aromatic nitrogens is 2. The Kier molecular flexibility index (Phi) is 5.08. The summed E-state index contributed by atoms with van der Waals surface area (Å²) in [6.07, 6.45) is 1.94. The fourth-order valence-corrected chi connectivity index (χ4v) is 3.05. The van der Waals surface area contributed by atoms with Gasteiger partial charge in [-0.1, -0.05) is 30.3 Å². The summed E-state index contributed by atoms with van der Waals surface area (Å²) in [7, 11) is 0. The Bertz CT molecular complexity index is 713. The van der Waals surface area contributed by atoms with E-state index in [1.807, 2.05) is 59.1 Å². The zero-order chi connectivity index (χ0) is 17.9. The average Bonchev–Trinajstić information content (AvgIpc) is 3.10. The molecular weight excluding hydrogens is 316 g/mol. The van der Waals surface area contributed by atoms with Crippen molar-refractivity contribution in [1.29, 1.82) is 0 Å². The van der Waals surface area contributed by atoms with E-state index in [0.717, 1.165) is 11.3 Å². The highest BCUT2D eigenvalue weighted by atomic mass is 16.5. The smallest absolute Gasteiger partial charge is 0.317 e. The molecular formula is C19H26N4O2. The number of hydrogen-bond acceptors (Lipinski definition) is 3. The van der Waals surface area contributed by atoms with Gasteiger partial charge in [0.25, 0.3) is 0 Å². The third kappa shape index (κ3) is 4.02. The lowest BCUT2D eigenvalue weighted by atomic mass is 9.94. The molecule has 25 heavy (non-hydrogen) atoms. The van der Waals surface area contributed by atoms with Gasteiger partial charge in [0.05, 0.1) is 25.4 Å². The number of carbonyl (C=O) groups excluding carboxylic acids is 1. The summed E-state index contributed by atoms with van der Waals surface area (Å²) in [6, 6.07) is 12.2. The summed E-state index contributed by atoms with van der Waals surface area (Å²) >= 11 is 0. The van der Waals surface area contributed by atoms with E-state index < -0.39 is 5.60 Å². The Balaban J connectivity index is 1.60. The van der Waals surface area contributed by atoms with Gasteiger partial charge >= 0.3 is 6.03 Å². The Morgan fingerprint density at radius 2 is 2.08 bits per heavy atom. The summed E-state index contributed by atoms with van der Waals surface area (Å²) in [6.45, 7) is 8.27. The van der Waals surface area contributed by atoms with Crippen LogP contribution >= 0.6 is 0 Å². The standard InChI is InChI=1S/C19H26N4O2/c1-15(2)23-10-9-17(21-23)13-20-18(24)22-11-12-25-19(3,14-22)16-7-5-4-6-8-16/h4-10,15H,11-14H2,1-3H3,(H,20,24). The van der Waals surface area contributed by atoms with Crippen molar-refractivity contribution >= 4 is 6.03 Å². The van der Waals surface area contributed by atoms with Gasteiger partial charge < -0.3 is 15.0 Å². The van der Waals surface area contributed by atoms with Crippen molar-refractivity contribution in [3.05, 3.63) is 53.9 Å². The van der Waals surface area contributed by atoms with Crippen LogP contribution in [0.1, 0.15) is 38.1 Å². The number of hydrogen-bond donors (Lipinski definition) is 1. The molecule has 2 amide bonds. The maximum absolute atomic E-state index is 12.6. The van der Waals surface area contributed by atoms with Gasteiger partial charge in [-0.15, -0.1) is 0 Å². The van der Waals surface area contributed by atoms with Gasteiger partial charge in [-0.3, -0.25) is 4.68 Å². The molecule has 3 rings (SSSR count). The lowest BCUT2D eigenvalue weighted by Gasteiger charge is -2.40. The molecule has 0 radical (unpaired) electrons. The second-order valence-corrected chi connectivity index (χ2v) is 6.91. The second-order valence-electron chi connectivity index (χ2n) is 6.91. The number of ether oxygens (including phenoxy) is 1. The van der Waals surface area contributed by atoms with Crippen LogP contribution in [0.2, 0.25) is 0 Å². The first-order valence-electron chi connectivity index (χ1n) is 8.74. The minimum absolute atomic E-state index is 0.0791. The topological polar surface area (TPSA) is 59.4 Å². The Hall–Kier alpha value is -2.34. The molecule has 0 spiro atoms. The van der Waals surface area contributed by atoms with Crippen LogP contribution in [0.5, 0.6) is 0 Å². The van der Waals surface area contributed by atoms with Gasteiger partial charge in [0.2, 0.25) is 0 Å². The molecule has 1 atom stereocenters. The van der Waals surface area contributed by atoms with Crippen LogP contribution in [-0.2, 0) is 16.9 Å². The molecule has 0 aliphatic carbocycles. The van der Waals surface area contributed by atoms with E-state index in [4.69, 9.17) is 4.74 Å². The molecule has 6 nitrogen and oxygen atoms in total. The molecule has 6 heteroatoms. The average molecular weight is 342 g/mol. The number of morpholine rings is 1. The van der Waals surface area contributed by atoms with Gasteiger partial charge in [-0.05, 0) is 32.4 Å². The number of benzene rings is 1. The molecule has 1 aliphatic heterocycles. The maximum Gasteiger partial charge on any atom is 0.317 e. The van der Waals surface area contributed by atoms with E-state index in [1.165, 1.54) is 0 Å². The monoisotopic (exact) mass is 342 g/mol. The van der Waals surface area contributed by atoms with E-state index in [9.17, 15) is 4.79 Å². The van der Waals surface area contributed by atoms with Crippen LogP contribution in [-0.4, -0.2) is 40.4 Å². The number of carbonyl (C=O) groups is 1. The molecule has 0 saturated carbocycles. The van der Waals surface area contributed by atoms with Crippen molar-refractivity contribution in [2.24, 2.45) is 0 Å². The van der Waals surface area contributed by atoms with Gasteiger partial charge in [-0.2, -0.15) is 5.10 Å². The van der Waals surface area contributed by atoms with E-state index in [2.05, 4.69) is 24.3 Å². The van der Waals surface area contributed by atoms with E-state index >= 15 is 0 Å². The zero-order valence-corrected chi connectivity index (χ0v) is 15.1. The molecule has 1 saturated heterocycles. The van der Waals surface area contributed by atoms with Crippen molar-refractivity contribution in [2.75, 3.05) is 19.7 Å². The fraction of sp³-hybridized carbons (Fsp3) is 0.474. The third-order valence-electron chi connectivity index (χ3n) is 4.56. The van der Waals surface area contributed by atoms with Crippen LogP contribution in [0.4, 0.5) is 4.79 Å². The SMILES string of the molecule is CC(C)n1ccc(CNC(=O)N2CCOC(C)(c3ccccc3)C2)n1. The van der Waals surface area contributed by atoms with Crippen LogP contribution < -0.4 is 5.32 Å². The zero-order valence-electron chi connectivity index (χ0n) is 15.1. The molecule has 1 aliphatic rings.